The topological polar surface area (TPSA) is 38.9 Å². The number of nitrogens with zero attached hydrogens (tertiary/aromatic N) is 1. The number of hydrogen-bond donors (Lipinski definition) is 1. The van der Waals surface area contributed by atoms with Crippen molar-refractivity contribution in [1.29, 1.82) is 0 Å². The Hall–Kier alpha value is -0.410. The Morgan fingerprint density at radius 1 is 1.71 bits per heavy atom. The first-order valence-electron chi connectivity index (χ1n) is 5.32. The molecule has 1 heterocycles. The second-order valence-electron chi connectivity index (χ2n) is 4.65. The minimum absolute atomic E-state index is 0.358. The number of aromatic nitrogens is 1. The smallest absolute Gasteiger partial charge is 0.0930 e. The zero-order chi connectivity index (χ0) is 10.0. The van der Waals surface area contributed by atoms with E-state index < -0.39 is 0 Å². The van der Waals surface area contributed by atoms with Crippen molar-refractivity contribution in [2.24, 2.45) is 17.1 Å². The van der Waals surface area contributed by atoms with Crippen molar-refractivity contribution < 1.29 is 0 Å². The molecule has 1 aromatic heterocycles. The van der Waals surface area contributed by atoms with Crippen LogP contribution in [0.4, 0.5) is 0 Å². The summed E-state index contributed by atoms with van der Waals surface area (Å²) in [7, 11) is 0. The first kappa shape index (κ1) is 10.1. The summed E-state index contributed by atoms with van der Waals surface area (Å²) in [6, 6.07) is 0. The zero-order valence-electron chi connectivity index (χ0n) is 8.70. The Balaban J connectivity index is 2.06. The second kappa shape index (κ2) is 3.99. The van der Waals surface area contributed by atoms with Gasteiger partial charge in [-0.15, -0.1) is 11.3 Å². The first-order chi connectivity index (χ1) is 6.74. The molecule has 2 nitrogen and oxygen atoms in total. The number of hydrogen-bond acceptors (Lipinski definition) is 3. The van der Waals surface area contributed by atoms with E-state index in [0.29, 0.717) is 5.41 Å². The summed E-state index contributed by atoms with van der Waals surface area (Å²) >= 11 is 1.76. The SMILES string of the molecule is CC1CCC(CN)(Cc2nccs2)C1. The van der Waals surface area contributed by atoms with E-state index in [0.717, 1.165) is 18.9 Å². The lowest BCUT2D eigenvalue weighted by atomic mass is 9.82. The molecule has 2 rings (SSSR count). The van der Waals surface area contributed by atoms with Crippen molar-refractivity contribution in [2.45, 2.75) is 32.6 Å². The van der Waals surface area contributed by atoms with Gasteiger partial charge in [0.25, 0.3) is 0 Å². The monoisotopic (exact) mass is 210 g/mol. The van der Waals surface area contributed by atoms with Gasteiger partial charge in [0.1, 0.15) is 0 Å². The van der Waals surface area contributed by atoms with Crippen molar-refractivity contribution >= 4 is 11.3 Å². The van der Waals surface area contributed by atoms with E-state index in [1.165, 1.54) is 24.3 Å². The summed E-state index contributed by atoms with van der Waals surface area (Å²) in [6.07, 6.45) is 6.88. The molecule has 2 atom stereocenters. The summed E-state index contributed by atoms with van der Waals surface area (Å²) in [4.78, 5) is 4.36. The highest BCUT2D eigenvalue weighted by Gasteiger charge is 2.36. The molecule has 0 spiro atoms. The average molecular weight is 210 g/mol. The van der Waals surface area contributed by atoms with Crippen LogP contribution in [0, 0.1) is 11.3 Å². The van der Waals surface area contributed by atoms with E-state index in [1.54, 1.807) is 11.3 Å². The molecule has 0 radical (unpaired) electrons. The van der Waals surface area contributed by atoms with Gasteiger partial charge in [0.05, 0.1) is 5.01 Å². The highest BCUT2D eigenvalue weighted by atomic mass is 32.1. The number of thiazole rings is 1. The third-order valence-corrected chi connectivity index (χ3v) is 4.17. The van der Waals surface area contributed by atoms with Crippen molar-refractivity contribution in [3.63, 3.8) is 0 Å². The van der Waals surface area contributed by atoms with E-state index in [1.807, 2.05) is 6.20 Å². The summed E-state index contributed by atoms with van der Waals surface area (Å²) in [5, 5.41) is 3.31. The maximum Gasteiger partial charge on any atom is 0.0930 e. The molecule has 1 aromatic rings. The van der Waals surface area contributed by atoms with Crippen LogP contribution in [0.2, 0.25) is 0 Å². The Bertz CT molecular complexity index is 283. The molecule has 0 bridgehead atoms. The molecule has 1 aliphatic carbocycles. The third-order valence-electron chi connectivity index (χ3n) is 3.39. The molecule has 1 fully saturated rings. The lowest BCUT2D eigenvalue weighted by Crippen LogP contribution is -2.30. The quantitative estimate of drug-likeness (QED) is 0.832. The van der Waals surface area contributed by atoms with Crippen LogP contribution < -0.4 is 5.73 Å². The minimum atomic E-state index is 0.358. The lowest BCUT2D eigenvalue weighted by Gasteiger charge is -2.26. The molecule has 0 amide bonds. The van der Waals surface area contributed by atoms with Crippen LogP contribution in [0.3, 0.4) is 0 Å². The molecule has 0 saturated heterocycles. The van der Waals surface area contributed by atoms with Crippen molar-refractivity contribution in [1.82, 2.24) is 4.98 Å². The molecule has 2 unspecified atom stereocenters. The van der Waals surface area contributed by atoms with Crippen molar-refractivity contribution in [3.05, 3.63) is 16.6 Å². The van der Waals surface area contributed by atoms with Gasteiger partial charge in [0, 0.05) is 18.0 Å². The first-order valence-corrected chi connectivity index (χ1v) is 6.20. The summed E-state index contributed by atoms with van der Waals surface area (Å²) in [5.41, 5.74) is 6.28. The fourth-order valence-electron chi connectivity index (χ4n) is 2.58. The van der Waals surface area contributed by atoms with Crippen molar-refractivity contribution in [3.8, 4) is 0 Å². The Morgan fingerprint density at radius 2 is 2.57 bits per heavy atom. The number of nitrogens with two attached hydrogens (primary N) is 1. The molecule has 2 N–H and O–H groups in total. The highest BCUT2D eigenvalue weighted by Crippen LogP contribution is 2.43. The van der Waals surface area contributed by atoms with Gasteiger partial charge >= 0.3 is 0 Å². The minimum Gasteiger partial charge on any atom is -0.330 e. The average Bonchev–Trinajstić information content (AvgIpc) is 2.77. The molecule has 3 heteroatoms. The summed E-state index contributed by atoms with van der Waals surface area (Å²) in [6.45, 7) is 3.15. The van der Waals surface area contributed by atoms with Crippen LogP contribution in [-0.2, 0) is 6.42 Å². The van der Waals surface area contributed by atoms with Gasteiger partial charge in [0.2, 0.25) is 0 Å². The second-order valence-corrected chi connectivity index (χ2v) is 5.63. The molecule has 14 heavy (non-hydrogen) atoms. The van der Waals surface area contributed by atoms with Crippen LogP contribution in [0.25, 0.3) is 0 Å². The van der Waals surface area contributed by atoms with E-state index >= 15 is 0 Å². The molecule has 1 aliphatic rings. The molecular weight excluding hydrogens is 192 g/mol. The molecular formula is C11H18N2S. The zero-order valence-corrected chi connectivity index (χ0v) is 9.52. The standard InChI is InChI=1S/C11H18N2S/c1-9-2-3-11(6-9,8-12)7-10-13-4-5-14-10/h4-5,9H,2-3,6-8,12H2,1H3. The maximum absolute atomic E-state index is 5.92. The van der Waals surface area contributed by atoms with E-state index in [4.69, 9.17) is 5.73 Å². The van der Waals surface area contributed by atoms with Gasteiger partial charge in [-0.25, -0.2) is 4.98 Å². The highest BCUT2D eigenvalue weighted by molar-refractivity contribution is 7.09. The Morgan fingerprint density at radius 3 is 3.07 bits per heavy atom. The van der Waals surface area contributed by atoms with Crippen LogP contribution in [0.5, 0.6) is 0 Å². The van der Waals surface area contributed by atoms with E-state index in [9.17, 15) is 0 Å². The predicted molar refractivity (Wildman–Crippen MR) is 60.3 cm³/mol. The molecule has 78 valence electrons. The fourth-order valence-corrected chi connectivity index (χ4v) is 3.37. The predicted octanol–water partition coefficient (Wildman–Crippen LogP) is 2.45. The van der Waals surface area contributed by atoms with Crippen LogP contribution >= 0.6 is 11.3 Å². The lowest BCUT2D eigenvalue weighted by molar-refractivity contribution is 0.295. The Kier molecular flexibility index (Phi) is 2.88. The largest absolute Gasteiger partial charge is 0.330 e. The van der Waals surface area contributed by atoms with Gasteiger partial charge < -0.3 is 5.73 Å². The normalized spacial score (nSPS) is 32.3. The van der Waals surface area contributed by atoms with Crippen LogP contribution in [0.15, 0.2) is 11.6 Å². The number of rotatable bonds is 3. The van der Waals surface area contributed by atoms with E-state index in [-0.39, 0.29) is 0 Å². The fraction of sp³-hybridized carbons (Fsp3) is 0.727. The third kappa shape index (κ3) is 1.98. The van der Waals surface area contributed by atoms with Crippen molar-refractivity contribution in [2.75, 3.05) is 6.54 Å². The van der Waals surface area contributed by atoms with E-state index in [2.05, 4.69) is 17.3 Å². The van der Waals surface area contributed by atoms with Gasteiger partial charge in [0.15, 0.2) is 0 Å². The van der Waals surface area contributed by atoms with Gasteiger partial charge in [-0.05, 0) is 30.7 Å². The maximum atomic E-state index is 5.92. The van der Waals surface area contributed by atoms with Gasteiger partial charge in [-0.3, -0.25) is 0 Å². The molecule has 0 aliphatic heterocycles. The van der Waals surface area contributed by atoms with Crippen LogP contribution in [-0.4, -0.2) is 11.5 Å². The van der Waals surface area contributed by atoms with Crippen LogP contribution in [0.1, 0.15) is 31.2 Å². The summed E-state index contributed by atoms with van der Waals surface area (Å²) < 4.78 is 0. The summed E-state index contributed by atoms with van der Waals surface area (Å²) in [5.74, 6) is 0.846. The molecule has 1 saturated carbocycles. The Labute approximate surface area is 89.5 Å². The molecule has 0 aromatic carbocycles. The van der Waals surface area contributed by atoms with Gasteiger partial charge in [-0.1, -0.05) is 13.3 Å². The van der Waals surface area contributed by atoms with Gasteiger partial charge in [-0.2, -0.15) is 0 Å².